The van der Waals surface area contributed by atoms with Gasteiger partial charge in [0, 0.05) is 28.7 Å². The molecule has 0 saturated heterocycles. The van der Waals surface area contributed by atoms with Crippen LogP contribution in [0.25, 0.3) is 10.9 Å². The summed E-state index contributed by atoms with van der Waals surface area (Å²) in [5.74, 6) is 0.758. The molecule has 1 aromatic carbocycles. The number of rotatable bonds is 6. The second kappa shape index (κ2) is 6.44. The van der Waals surface area contributed by atoms with Gasteiger partial charge >= 0.3 is 0 Å². The van der Waals surface area contributed by atoms with Gasteiger partial charge < -0.3 is 10.3 Å². The normalized spacial score (nSPS) is 11.6. The second-order valence-electron chi connectivity index (χ2n) is 5.58. The maximum atomic E-state index is 6.12. The van der Waals surface area contributed by atoms with Crippen LogP contribution < -0.4 is 5.73 Å². The lowest BCUT2D eigenvalue weighted by atomic mass is 10.1. The minimum absolute atomic E-state index is 0.688. The maximum absolute atomic E-state index is 6.12. The number of aryl methyl sites for hydroxylation is 1. The lowest BCUT2D eigenvalue weighted by Crippen LogP contribution is -2.02. The Balaban J connectivity index is 2.28. The summed E-state index contributed by atoms with van der Waals surface area (Å²) in [5, 5.41) is 2.09. The Morgan fingerprint density at radius 2 is 2.11 bits per heavy atom. The van der Waals surface area contributed by atoms with Crippen molar-refractivity contribution < 1.29 is 0 Å². The number of halogens is 1. The van der Waals surface area contributed by atoms with Gasteiger partial charge in [-0.2, -0.15) is 0 Å². The molecule has 3 heteroatoms. The average Bonchev–Trinajstić information content (AvgIpc) is 2.67. The molecule has 0 saturated carbocycles. The van der Waals surface area contributed by atoms with Crippen molar-refractivity contribution in [3.8, 4) is 0 Å². The predicted molar refractivity (Wildman–Crippen MR) is 83.8 cm³/mol. The summed E-state index contributed by atoms with van der Waals surface area (Å²) in [6.07, 6.45) is 5.63. The fourth-order valence-corrected chi connectivity index (χ4v) is 2.72. The molecule has 2 aromatic rings. The van der Waals surface area contributed by atoms with Crippen LogP contribution in [0.2, 0.25) is 5.02 Å². The van der Waals surface area contributed by atoms with Crippen molar-refractivity contribution in [2.45, 2.75) is 39.7 Å². The van der Waals surface area contributed by atoms with Crippen LogP contribution in [0.15, 0.2) is 24.4 Å². The van der Waals surface area contributed by atoms with E-state index in [0.717, 1.165) is 23.9 Å². The van der Waals surface area contributed by atoms with Crippen molar-refractivity contribution in [2.75, 3.05) is 6.54 Å². The molecule has 0 spiro atoms. The van der Waals surface area contributed by atoms with E-state index in [4.69, 9.17) is 17.3 Å². The van der Waals surface area contributed by atoms with Gasteiger partial charge in [-0.05, 0) is 49.4 Å². The standard InChI is InChI=1S/C16H23ClN2/c1-12(2)4-3-9-19-11-13(7-8-18)15-6-5-14(17)10-16(15)19/h5-6,10-12H,3-4,7-9,18H2,1-2H3. The van der Waals surface area contributed by atoms with E-state index in [0.29, 0.717) is 6.54 Å². The van der Waals surface area contributed by atoms with E-state index in [9.17, 15) is 0 Å². The second-order valence-corrected chi connectivity index (χ2v) is 6.02. The molecular weight excluding hydrogens is 256 g/mol. The largest absolute Gasteiger partial charge is 0.347 e. The Hall–Kier alpha value is -0.990. The summed E-state index contributed by atoms with van der Waals surface area (Å²) in [6, 6.07) is 6.14. The molecule has 1 aromatic heterocycles. The van der Waals surface area contributed by atoms with Crippen LogP contribution >= 0.6 is 11.6 Å². The highest BCUT2D eigenvalue weighted by Crippen LogP contribution is 2.25. The van der Waals surface area contributed by atoms with Crippen LogP contribution in [-0.2, 0) is 13.0 Å². The number of nitrogens with zero attached hydrogens (tertiary/aromatic N) is 1. The molecule has 0 fully saturated rings. The van der Waals surface area contributed by atoms with E-state index in [1.54, 1.807) is 0 Å². The molecule has 19 heavy (non-hydrogen) atoms. The molecule has 2 rings (SSSR count). The molecule has 1 heterocycles. The molecule has 0 aliphatic carbocycles. The Bertz CT molecular complexity index is 543. The number of nitrogens with two attached hydrogens (primary N) is 1. The molecule has 0 aliphatic rings. The minimum Gasteiger partial charge on any atom is -0.347 e. The summed E-state index contributed by atoms with van der Waals surface area (Å²) >= 11 is 6.12. The molecule has 0 amide bonds. The number of aromatic nitrogens is 1. The molecule has 104 valence electrons. The first kappa shape index (κ1) is 14.4. The smallest absolute Gasteiger partial charge is 0.0498 e. The minimum atomic E-state index is 0.688. The van der Waals surface area contributed by atoms with Crippen molar-refractivity contribution in [3.63, 3.8) is 0 Å². The molecule has 0 unspecified atom stereocenters. The summed E-state index contributed by atoms with van der Waals surface area (Å²) in [7, 11) is 0. The average molecular weight is 279 g/mol. The number of benzene rings is 1. The molecule has 0 radical (unpaired) electrons. The zero-order chi connectivity index (χ0) is 13.8. The van der Waals surface area contributed by atoms with Crippen molar-refractivity contribution in [3.05, 3.63) is 35.0 Å². The number of hydrogen-bond acceptors (Lipinski definition) is 1. The van der Waals surface area contributed by atoms with E-state index >= 15 is 0 Å². The molecular formula is C16H23ClN2. The first-order valence-corrected chi connectivity index (χ1v) is 7.47. The fourth-order valence-electron chi connectivity index (χ4n) is 2.55. The van der Waals surface area contributed by atoms with Gasteiger partial charge in [0.25, 0.3) is 0 Å². The summed E-state index contributed by atoms with van der Waals surface area (Å²) in [6.45, 7) is 6.28. The topological polar surface area (TPSA) is 30.9 Å². The highest BCUT2D eigenvalue weighted by atomic mass is 35.5. The van der Waals surface area contributed by atoms with Crippen LogP contribution in [0, 0.1) is 5.92 Å². The SMILES string of the molecule is CC(C)CCCn1cc(CCN)c2ccc(Cl)cc21. The monoisotopic (exact) mass is 278 g/mol. The Kier molecular flexibility index (Phi) is 4.89. The molecule has 0 bridgehead atoms. The summed E-state index contributed by atoms with van der Waals surface area (Å²) in [5.41, 5.74) is 8.26. The van der Waals surface area contributed by atoms with Gasteiger partial charge in [0.15, 0.2) is 0 Å². The fraction of sp³-hybridized carbons (Fsp3) is 0.500. The Morgan fingerprint density at radius 1 is 1.32 bits per heavy atom. The Labute approximate surface area is 120 Å². The highest BCUT2D eigenvalue weighted by molar-refractivity contribution is 6.31. The third-order valence-corrected chi connectivity index (χ3v) is 3.76. The van der Waals surface area contributed by atoms with Gasteiger partial charge in [0.05, 0.1) is 0 Å². The maximum Gasteiger partial charge on any atom is 0.0498 e. The summed E-state index contributed by atoms with van der Waals surface area (Å²) < 4.78 is 2.33. The lowest BCUT2D eigenvalue weighted by Gasteiger charge is -2.07. The zero-order valence-electron chi connectivity index (χ0n) is 11.8. The molecule has 0 aliphatic heterocycles. The van der Waals surface area contributed by atoms with Crippen LogP contribution in [0.5, 0.6) is 0 Å². The summed E-state index contributed by atoms with van der Waals surface area (Å²) in [4.78, 5) is 0. The van der Waals surface area contributed by atoms with E-state index in [1.807, 2.05) is 6.07 Å². The number of hydrogen-bond donors (Lipinski definition) is 1. The third-order valence-electron chi connectivity index (χ3n) is 3.52. The van der Waals surface area contributed by atoms with E-state index in [-0.39, 0.29) is 0 Å². The number of fused-ring (bicyclic) bond motifs is 1. The van der Waals surface area contributed by atoms with Crippen LogP contribution in [0.4, 0.5) is 0 Å². The Morgan fingerprint density at radius 3 is 2.79 bits per heavy atom. The van der Waals surface area contributed by atoms with Crippen LogP contribution in [-0.4, -0.2) is 11.1 Å². The van der Waals surface area contributed by atoms with Crippen LogP contribution in [0.3, 0.4) is 0 Å². The first-order valence-electron chi connectivity index (χ1n) is 7.09. The molecule has 2 nitrogen and oxygen atoms in total. The van der Waals surface area contributed by atoms with Crippen molar-refractivity contribution in [1.82, 2.24) is 4.57 Å². The van der Waals surface area contributed by atoms with Crippen molar-refractivity contribution >= 4 is 22.5 Å². The van der Waals surface area contributed by atoms with Gasteiger partial charge in [-0.25, -0.2) is 0 Å². The quantitative estimate of drug-likeness (QED) is 0.842. The van der Waals surface area contributed by atoms with Gasteiger partial charge in [-0.1, -0.05) is 31.5 Å². The predicted octanol–water partition coefficient (Wildman–Crippen LogP) is 4.23. The zero-order valence-corrected chi connectivity index (χ0v) is 12.6. The first-order chi connectivity index (χ1) is 9.11. The van der Waals surface area contributed by atoms with Gasteiger partial charge in [0.1, 0.15) is 0 Å². The van der Waals surface area contributed by atoms with Gasteiger partial charge in [0.2, 0.25) is 0 Å². The third kappa shape index (κ3) is 3.52. The lowest BCUT2D eigenvalue weighted by molar-refractivity contribution is 0.517. The van der Waals surface area contributed by atoms with E-state index in [2.05, 4.69) is 36.7 Å². The van der Waals surface area contributed by atoms with Gasteiger partial charge in [-0.15, -0.1) is 0 Å². The highest BCUT2D eigenvalue weighted by Gasteiger charge is 2.08. The van der Waals surface area contributed by atoms with Crippen LogP contribution in [0.1, 0.15) is 32.3 Å². The van der Waals surface area contributed by atoms with E-state index in [1.165, 1.54) is 29.3 Å². The van der Waals surface area contributed by atoms with Gasteiger partial charge in [-0.3, -0.25) is 0 Å². The molecule has 0 atom stereocenters. The van der Waals surface area contributed by atoms with E-state index < -0.39 is 0 Å². The van der Waals surface area contributed by atoms with Crippen molar-refractivity contribution in [1.29, 1.82) is 0 Å². The van der Waals surface area contributed by atoms with Crippen molar-refractivity contribution in [2.24, 2.45) is 11.7 Å². The molecule has 2 N–H and O–H groups in total.